The second kappa shape index (κ2) is 5.11. The van der Waals surface area contributed by atoms with Crippen LogP contribution in [0.4, 0.5) is 4.79 Å². The average Bonchev–Trinajstić information content (AvgIpc) is 2.29. The summed E-state index contributed by atoms with van der Waals surface area (Å²) in [5.41, 5.74) is 6.13. The molecule has 0 saturated carbocycles. The summed E-state index contributed by atoms with van der Waals surface area (Å²) in [5, 5.41) is 0. The summed E-state index contributed by atoms with van der Waals surface area (Å²) in [6, 6.07) is 7.63. The lowest BCUT2D eigenvalue weighted by atomic mass is 10.1. The van der Waals surface area contributed by atoms with E-state index in [1.807, 2.05) is 0 Å². The number of esters is 1. The Balaban J connectivity index is 2.65. The summed E-state index contributed by atoms with van der Waals surface area (Å²) in [7, 11) is 1.11. The van der Waals surface area contributed by atoms with Crippen molar-refractivity contribution in [2.45, 2.75) is 6.04 Å². The van der Waals surface area contributed by atoms with Crippen molar-refractivity contribution in [3.8, 4) is 0 Å². The number of carbonyl (C=O) groups excluding carboxylic acids is 2. The Labute approximate surface area is 86.8 Å². The first kappa shape index (κ1) is 11.2. The molecule has 0 bridgehead atoms. The van der Waals surface area contributed by atoms with Crippen molar-refractivity contribution in [2.24, 2.45) is 5.73 Å². The number of carbonyl (C=O) groups is 2. The number of rotatable bonds is 2. The van der Waals surface area contributed by atoms with Gasteiger partial charge in [0.15, 0.2) is 0 Å². The summed E-state index contributed by atoms with van der Waals surface area (Å²) < 4.78 is 8.46. The van der Waals surface area contributed by atoms with Gasteiger partial charge in [-0.25, -0.2) is 9.59 Å². The van der Waals surface area contributed by atoms with E-state index in [1.165, 1.54) is 0 Å². The number of hydrogen-bond donors (Lipinski definition) is 1. The minimum absolute atomic E-state index is 0.575. The van der Waals surface area contributed by atoms with Gasteiger partial charge in [0.2, 0.25) is 0 Å². The van der Waals surface area contributed by atoms with Crippen molar-refractivity contribution >= 4 is 12.1 Å². The van der Waals surface area contributed by atoms with Crippen molar-refractivity contribution in [1.29, 1.82) is 0 Å². The zero-order valence-corrected chi connectivity index (χ0v) is 8.17. The van der Waals surface area contributed by atoms with Crippen LogP contribution in [0.1, 0.15) is 11.6 Å². The number of benzene rings is 1. The third kappa shape index (κ3) is 3.07. The van der Waals surface area contributed by atoms with Crippen molar-refractivity contribution in [1.82, 2.24) is 0 Å². The Kier molecular flexibility index (Phi) is 3.82. The largest absolute Gasteiger partial charge is 0.515 e. The molecule has 80 valence electrons. The van der Waals surface area contributed by atoms with Crippen molar-refractivity contribution in [3.05, 3.63) is 35.9 Å². The fraction of sp³-hybridized carbons (Fsp3) is 0.200. The number of methoxy groups -OCH3 is 1. The van der Waals surface area contributed by atoms with Crippen LogP contribution in [0.25, 0.3) is 0 Å². The molecule has 0 heterocycles. The fourth-order valence-corrected chi connectivity index (χ4v) is 0.984. The molecular formula is C10H11NO4. The zero-order chi connectivity index (χ0) is 11.3. The normalized spacial score (nSPS) is 11.6. The maximum Gasteiger partial charge on any atom is 0.515 e. The van der Waals surface area contributed by atoms with Crippen LogP contribution in [-0.2, 0) is 14.3 Å². The van der Waals surface area contributed by atoms with E-state index in [0.29, 0.717) is 5.56 Å². The first-order valence-electron chi connectivity index (χ1n) is 4.25. The lowest BCUT2D eigenvalue weighted by Crippen LogP contribution is -2.26. The minimum atomic E-state index is -1.06. The van der Waals surface area contributed by atoms with Gasteiger partial charge in [-0.1, -0.05) is 30.3 Å². The predicted molar refractivity (Wildman–Crippen MR) is 51.9 cm³/mol. The van der Waals surface area contributed by atoms with Crippen molar-refractivity contribution in [3.63, 3.8) is 0 Å². The maximum atomic E-state index is 11.3. The highest BCUT2D eigenvalue weighted by molar-refractivity contribution is 5.86. The predicted octanol–water partition coefficient (Wildman–Crippen LogP) is 0.996. The molecule has 5 heteroatoms. The molecule has 0 unspecified atom stereocenters. The van der Waals surface area contributed by atoms with E-state index in [0.717, 1.165) is 7.11 Å². The van der Waals surface area contributed by atoms with Gasteiger partial charge in [-0.15, -0.1) is 0 Å². The summed E-state index contributed by atoms with van der Waals surface area (Å²) in [6.45, 7) is 0. The molecule has 0 spiro atoms. The van der Waals surface area contributed by atoms with Gasteiger partial charge in [-0.3, -0.25) is 0 Å². The first-order valence-corrected chi connectivity index (χ1v) is 4.25. The number of ether oxygens (including phenoxy) is 2. The maximum absolute atomic E-state index is 11.3. The first-order chi connectivity index (χ1) is 7.15. The molecule has 5 nitrogen and oxygen atoms in total. The van der Waals surface area contributed by atoms with Gasteiger partial charge < -0.3 is 15.2 Å². The van der Waals surface area contributed by atoms with Crippen LogP contribution in [0, 0.1) is 0 Å². The summed E-state index contributed by atoms with van der Waals surface area (Å²) in [6.07, 6.45) is -1.06. The molecule has 0 aliphatic rings. The van der Waals surface area contributed by atoms with E-state index in [2.05, 4.69) is 9.47 Å². The quantitative estimate of drug-likeness (QED) is 0.580. The Morgan fingerprint density at radius 3 is 2.40 bits per heavy atom. The van der Waals surface area contributed by atoms with Crippen LogP contribution < -0.4 is 5.73 Å². The second-order valence-corrected chi connectivity index (χ2v) is 2.76. The highest BCUT2D eigenvalue weighted by Crippen LogP contribution is 2.11. The molecule has 0 fully saturated rings. The molecule has 2 N–H and O–H groups in total. The average molecular weight is 209 g/mol. The van der Waals surface area contributed by atoms with Crippen LogP contribution in [0.3, 0.4) is 0 Å². The molecule has 1 aromatic rings. The highest BCUT2D eigenvalue weighted by Gasteiger charge is 2.20. The fourth-order valence-electron chi connectivity index (χ4n) is 0.984. The topological polar surface area (TPSA) is 78.6 Å². The van der Waals surface area contributed by atoms with Crippen LogP contribution >= 0.6 is 0 Å². The van der Waals surface area contributed by atoms with Gasteiger partial charge in [-0.2, -0.15) is 0 Å². The zero-order valence-electron chi connectivity index (χ0n) is 8.17. The summed E-state index contributed by atoms with van der Waals surface area (Å²) >= 11 is 0. The van der Waals surface area contributed by atoms with Gasteiger partial charge in [0.25, 0.3) is 0 Å². The van der Waals surface area contributed by atoms with E-state index in [4.69, 9.17) is 5.73 Å². The smallest absolute Gasteiger partial charge is 0.437 e. The minimum Gasteiger partial charge on any atom is -0.437 e. The van der Waals surface area contributed by atoms with Crippen LogP contribution in [0.2, 0.25) is 0 Å². The van der Waals surface area contributed by atoms with Crippen LogP contribution in [0.15, 0.2) is 30.3 Å². The van der Waals surface area contributed by atoms with Gasteiger partial charge in [0.05, 0.1) is 7.11 Å². The van der Waals surface area contributed by atoms with E-state index in [1.54, 1.807) is 30.3 Å². The van der Waals surface area contributed by atoms with Gasteiger partial charge in [0.1, 0.15) is 6.04 Å². The molecule has 0 aliphatic heterocycles. The molecule has 0 amide bonds. The van der Waals surface area contributed by atoms with Crippen molar-refractivity contribution in [2.75, 3.05) is 7.11 Å². The van der Waals surface area contributed by atoms with E-state index < -0.39 is 18.2 Å². The monoisotopic (exact) mass is 209 g/mol. The molecule has 0 aromatic heterocycles. The molecule has 0 radical (unpaired) electrons. The molecule has 15 heavy (non-hydrogen) atoms. The summed E-state index contributed by atoms with van der Waals surface area (Å²) in [5.74, 6) is -0.840. The Hall–Kier alpha value is -1.88. The van der Waals surface area contributed by atoms with Crippen molar-refractivity contribution < 1.29 is 19.1 Å². The standard InChI is InChI=1S/C10H11NO4/c1-14-10(13)15-9(12)8(11)7-5-3-2-4-6-7/h2-6,8H,11H2,1H3/t8-/m0/s1. The molecule has 1 atom stereocenters. The van der Waals surface area contributed by atoms with Gasteiger partial charge >= 0.3 is 12.1 Å². The third-order valence-electron chi connectivity index (χ3n) is 1.76. The lowest BCUT2D eigenvalue weighted by Gasteiger charge is -2.09. The Bertz CT molecular complexity index is 350. The molecule has 0 aliphatic carbocycles. The second-order valence-electron chi connectivity index (χ2n) is 2.76. The third-order valence-corrected chi connectivity index (χ3v) is 1.76. The highest BCUT2D eigenvalue weighted by atomic mass is 16.7. The SMILES string of the molecule is COC(=O)OC(=O)[C@@H](N)c1ccccc1. The number of nitrogens with two attached hydrogens (primary N) is 1. The van der Waals surface area contributed by atoms with Crippen LogP contribution in [-0.4, -0.2) is 19.2 Å². The molecule has 1 aromatic carbocycles. The lowest BCUT2D eigenvalue weighted by molar-refractivity contribution is -0.141. The van der Waals surface area contributed by atoms with Gasteiger partial charge in [-0.05, 0) is 5.56 Å². The Morgan fingerprint density at radius 1 is 1.27 bits per heavy atom. The van der Waals surface area contributed by atoms with E-state index in [9.17, 15) is 9.59 Å². The summed E-state index contributed by atoms with van der Waals surface area (Å²) in [4.78, 5) is 21.9. The molecule has 0 saturated heterocycles. The Morgan fingerprint density at radius 2 is 1.87 bits per heavy atom. The number of hydrogen-bond acceptors (Lipinski definition) is 5. The molecule has 1 rings (SSSR count). The van der Waals surface area contributed by atoms with Gasteiger partial charge in [0, 0.05) is 0 Å². The van der Waals surface area contributed by atoms with E-state index in [-0.39, 0.29) is 0 Å². The van der Waals surface area contributed by atoms with Crippen LogP contribution in [0.5, 0.6) is 0 Å². The van der Waals surface area contributed by atoms with E-state index >= 15 is 0 Å². The molecular weight excluding hydrogens is 198 g/mol.